The summed E-state index contributed by atoms with van der Waals surface area (Å²) in [5, 5.41) is 4.36. The summed E-state index contributed by atoms with van der Waals surface area (Å²) in [6, 6.07) is 10.4. The fraction of sp³-hybridized carbons (Fsp3) is 0.278. The molecule has 3 heterocycles. The van der Waals surface area contributed by atoms with Gasteiger partial charge in [-0.2, -0.15) is 0 Å². The highest BCUT2D eigenvalue weighted by molar-refractivity contribution is 7.91. The molecule has 2 N–H and O–H groups in total. The van der Waals surface area contributed by atoms with Crippen LogP contribution in [0, 0.1) is 6.92 Å². The first-order valence-electron chi connectivity index (χ1n) is 8.31. The van der Waals surface area contributed by atoms with Gasteiger partial charge >= 0.3 is 0 Å². The van der Waals surface area contributed by atoms with Gasteiger partial charge in [0, 0.05) is 37.8 Å². The van der Waals surface area contributed by atoms with Gasteiger partial charge in [-0.15, -0.1) is 12.4 Å². The standard InChI is InChI=1S/C18H20N4O2S.ClH/c1-13-2-4-14(5-3-13)25(23,24)17-12-15-16(21-17)6-7-20-18(15)22-10-8-19-9-11-22;/h2-7,12,19,21H,8-11H2,1H3;1H. The van der Waals surface area contributed by atoms with Crippen LogP contribution in [0.2, 0.25) is 0 Å². The molecule has 138 valence electrons. The molecular formula is C18H21ClN4O2S. The molecule has 1 aromatic carbocycles. The number of benzene rings is 1. The topological polar surface area (TPSA) is 78.1 Å². The molecule has 1 saturated heterocycles. The van der Waals surface area contributed by atoms with Crippen LogP contribution < -0.4 is 10.2 Å². The van der Waals surface area contributed by atoms with Crippen molar-refractivity contribution < 1.29 is 8.42 Å². The zero-order chi connectivity index (χ0) is 17.4. The lowest BCUT2D eigenvalue weighted by atomic mass is 10.2. The average molecular weight is 393 g/mol. The van der Waals surface area contributed by atoms with Crippen LogP contribution in [0.3, 0.4) is 0 Å². The van der Waals surface area contributed by atoms with Crippen LogP contribution in [0.25, 0.3) is 10.9 Å². The molecule has 0 spiro atoms. The summed E-state index contributed by atoms with van der Waals surface area (Å²) < 4.78 is 25.9. The zero-order valence-corrected chi connectivity index (χ0v) is 16.0. The average Bonchev–Trinajstić information content (AvgIpc) is 3.08. The second kappa shape index (κ2) is 7.26. The maximum atomic E-state index is 12.9. The third kappa shape index (κ3) is 3.30. The van der Waals surface area contributed by atoms with Gasteiger partial charge in [0.15, 0.2) is 0 Å². The van der Waals surface area contributed by atoms with Crippen molar-refractivity contribution in [3.8, 4) is 0 Å². The number of halogens is 1. The Morgan fingerprint density at radius 2 is 1.77 bits per heavy atom. The van der Waals surface area contributed by atoms with E-state index in [1.807, 2.05) is 25.1 Å². The maximum absolute atomic E-state index is 12.9. The minimum atomic E-state index is -3.58. The van der Waals surface area contributed by atoms with Crippen molar-refractivity contribution in [2.45, 2.75) is 16.8 Å². The normalized spacial score (nSPS) is 15.0. The lowest BCUT2D eigenvalue weighted by Gasteiger charge is -2.28. The number of sulfone groups is 1. The Hall–Kier alpha value is -2.09. The van der Waals surface area contributed by atoms with Crippen molar-refractivity contribution in [3.05, 3.63) is 48.2 Å². The fourth-order valence-corrected chi connectivity index (χ4v) is 4.40. The second-order valence-corrected chi connectivity index (χ2v) is 8.20. The summed E-state index contributed by atoms with van der Waals surface area (Å²) in [6.45, 7) is 5.45. The van der Waals surface area contributed by atoms with Crippen LogP contribution in [0.4, 0.5) is 5.82 Å². The lowest BCUT2D eigenvalue weighted by molar-refractivity contribution is 0.586. The summed E-state index contributed by atoms with van der Waals surface area (Å²) in [5.74, 6) is 0.834. The number of hydrogen-bond acceptors (Lipinski definition) is 5. The van der Waals surface area contributed by atoms with Gasteiger partial charge in [0.2, 0.25) is 9.84 Å². The number of aromatic nitrogens is 2. The number of piperazine rings is 1. The van der Waals surface area contributed by atoms with Gasteiger partial charge in [0.05, 0.1) is 10.4 Å². The van der Waals surface area contributed by atoms with Crippen molar-refractivity contribution in [1.29, 1.82) is 0 Å². The SMILES string of the molecule is Cc1ccc(S(=O)(=O)c2cc3c(N4CCNCC4)nccc3[nH]2)cc1.Cl. The molecule has 0 aliphatic carbocycles. The molecule has 4 rings (SSSR count). The molecule has 0 saturated carbocycles. The number of aromatic amines is 1. The highest BCUT2D eigenvalue weighted by atomic mass is 35.5. The Bertz CT molecular complexity index is 1010. The minimum Gasteiger partial charge on any atom is -0.354 e. The van der Waals surface area contributed by atoms with E-state index in [2.05, 4.69) is 20.2 Å². The van der Waals surface area contributed by atoms with E-state index in [4.69, 9.17) is 0 Å². The van der Waals surface area contributed by atoms with E-state index >= 15 is 0 Å². The number of hydrogen-bond donors (Lipinski definition) is 2. The van der Waals surface area contributed by atoms with Gasteiger partial charge in [-0.25, -0.2) is 13.4 Å². The monoisotopic (exact) mass is 392 g/mol. The number of H-pyrrole nitrogens is 1. The Kier molecular flexibility index (Phi) is 5.22. The first-order chi connectivity index (χ1) is 12.1. The molecule has 1 aliphatic rings. The second-order valence-electron chi connectivity index (χ2n) is 6.28. The third-order valence-corrected chi connectivity index (χ3v) is 6.23. The summed E-state index contributed by atoms with van der Waals surface area (Å²) in [4.78, 5) is 10.0. The molecule has 3 aromatic rings. The van der Waals surface area contributed by atoms with Gasteiger partial charge in [-0.1, -0.05) is 17.7 Å². The highest BCUT2D eigenvalue weighted by Crippen LogP contribution is 2.29. The first-order valence-corrected chi connectivity index (χ1v) is 9.79. The quantitative estimate of drug-likeness (QED) is 0.716. The van der Waals surface area contributed by atoms with E-state index in [1.54, 1.807) is 24.4 Å². The van der Waals surface area contributed by atoms with Gasteiger partial charge in [-0.3, -0.25) is 0 Å². The molecule has 1 fully saturated rings. The van der Waals surface area contributed by atoms with Crippen LogP contribution in [0.5, 0.6) is 0 Å². The van der Waals surface area contributed by atoms with E-state index in [0.29, 0.717) is 4.90 Å². The minimum absolute atomic E-state index is 0. The summed E-state index contributed by atoms with van der Waals surface area (Å²) in [7, 11) is -3.58. The van der Waals surface area contributed by atoms with Crippen molar-refractivity contribution >= 4 is 39.0 Å². The molecule has 1 aliphatic heterocycles. The number of nitrogens with zero attached hydrogens (tertiary/aromatic N) is 2. The van der Waals surface area contributed by atoms with E-state index < -0.39 is 9.84 Å². The molecule has 0 unspecified atom stereocenters. The number of rotatable bonds is 3. The first kappa shape index (κ1) is 18.7. The Balaban J connectivity index is 0.00000196. The molecular weight excluding hydrogens is 372 g/mol. The van der Waals surface area contributed by atoms with E-state index in [1.165, 1.54) is 0 Å². The lowest BCUT2D eigenvalue weighted by Crippen LogP contribution is -2.43. The van der Waals surface area contributed by atoms with E-state index in [0.717, 1.165) is 48.5 Å². The fourth-order valence-electron chi connectivity index (χ4n) is 3.13. The van der Waals surface area contributed by atoms with Crippen molar-refractivity contribution in [2.75, 3.05) is 31.1 Å². The van der Waals surface area contributed by atoms with Gasteiger partial charge in [-0.05, 0) is 31.2 Å². The van der Waals surface area contributed by atoms with Crippen LogP contribution in [-0.4, -0.2) is 44.6 Å². The van der Waals surface area contributed by atoms with Crippen LogP contribution in [0.1, 0.15) is 5.56 Å². The third-order valence-electron chi connectivity index (χ3n) is 4.54. The number of pyridine rings is 1. The Morgan fingerprint density at radius 1 is 1.08 bits per heavy atom. The summed E-state index contributed by atoms with van der Waals surface area (Å²) in [5.41, 5.74) is 1.81. The van der Waals surface area contributed by atoms with Crippen LogP contribution >= 0.6 is 12.4 Å². The molecule has 0 atom stereocenters. The number of aryl methyl sites for hydroxylation is 1. The van der Waals surface area contributed by atoms with Crippen molar-refractivity contribution in [3.63, 3.8) is 0 Å². The Morgan fingerprint density at radius 3 is 2.46 bits per heavy atom. The maximum Gasteiger partial charge on any atom is 0.221 e. The predicted octanol–water partition coefficient (Wildman–Crippen LogP) is 2.54. The molecule has 0 amide bonds. The largest absolute Gasteiger partial charge is 0.354 e. The molecule has 0 bridgehead atoms. The Labute approximate surface area is 159 Å². The molecule has 26 heavy (non-hydrogen) atoms. The van der Waals surface area contributed by atoms with Gasteiger partial charge in [0.1, 0.15) is 10.8 Å². The van der Waals surface area contributed by atoms with Gasteiger partial charge < -0.3 is 15.2 Å². The highest BCUT2D eigenvalue weighted by Gasteiger charge is 2.22. The zero-order valence-electron chi connectivity index (χ0n) is 14.4. The number of fused-ring (bicyclic) bond motifs is 1. The molecule has 2 aromatic heterocycles. The van der Waals surface area contributed by atoms with Crippen LogP contribution in [0.15, 0.2) is 52.5 Å². The van der Waals surface area contributed by atoms with E-state index in [9.17, 15) is 8.42 Å². The van der Waals surface area contributed by atoms with E-state index in [-0.39, 0.29) is 17.4 Å². The molecule has 6 nitrogen and oxygen atoms in total. The summed E-state index contributed by atoms with van der Waals surface area (Å²) in [6.07, 6.45) is 1.72. The predicted molar refractivity (Wildman–Crippen MR) is 105 cm³/mol. The van der Waals surface area contributed by atoms with Gasteiger partial charge in [0.25, 0.3) is 0 Å². The summed E-state index contributed by atoms with van der Waals surface area (Å²) >= 11 is 0. The van der Waals surface area contributed by atoms with Crippen molar-refractivity contribution in [1.82, 2.24) is 15.3 Å². The number of nitrogens with one attached hydrogen (secondary N) is 2. The number of anilines is 1. The van der Waals surface area contributed by atoms with Crippen LogP contribution in [-0.2, 0) is 9.84 Å². The molecule has 0 radical (unpaired) electrons. The smallest absolute Gasteiger partial charge is 0.221 e. The molecule has 8 heteroatoms. The van der Waals surface area contributed by atoms with Crippen molar-refractivity contribution in [2.24, 2.45) is 0 Å².